The Balaban J connectivity index is 1.16. The third kappa shape index (κ3) is 6.23. The van der Waals surface area contributed by atoms with Gasteiger partial charge in [0, 0.05) is 33.4 Å². The lowest BCUT2D eigenvalue weighted by molar-refractivity contribution is 1.18. The second-order valence-corrected chi connectivity index (χ2v) is 15.3. The summed E-state index contributed by atoms with van der Waals surface area (Å²) >= 11 is 0. The molecule has 0 fully saturated rings. The van der Waals surface area contributed by atoms with Gasteiger partial charge in [-0.1, -0.05) is 194 Å². The van der Waals surface area contributed by atoms with Crippen LogP contribution in [0.15, 0.2) is 243 Å². The summed E-state index contributed by atoms with van der Waals surface area (Å²) in [5, 5.41) is 4.91. The van der Waals surface area contributed by atoms with Crippen molar-refractivity contribution in [3.05, 3.63) is 243 Å². The van der Waals surface area contributed by atoms with Crippen LogP contribution in [0.4, 0.5) is 17.1 Å². The third-order valence-electron chi connectivity index (χ3n) is 11.8. The van der Waals surface area contributed by atoms with Crippen LogP contribution in [-0.2, 0) is 0 Å². The van der Waals surface area contributed by atoms with Gasteiger partial charge in [-0.2, -0.15) is 0 Å². The van der Waals surface area contributed by atoms with E-state index in [1.807, 2.05) is 0 Å². The minimum atomic E-state index is 1.08. The molecule has 0 bridgehead atoms. The fourth-order valence-electron chi connectivity index (χ4n) is 8.99. The second kappa shape index (κ2) is 15.1. The molecule has 0 amide bonds. The highest BCUT2D eigenvalue weighted by Crippen LogP contribution is 2.46. The maximum absolute atomic E-state index is 2.46. The molecule has 282 valence electrons. The molecular formula is C58H40N2. The van der Waals surface area contributed by atoms with E-state index >= 15 is 0 Å². The summed E-state index contributed by atoms with van der Waals surface area (Å²) in [7, 11) is 0. The summed E-state index contributed by atoms with van der Waals surface area (Å²) in [6.07, 6.45) is 0. The molecule has 0 aliphatic heterocycles. The van der Waals surface area contributed by atoms with E-state index in [2.05, 4.69) is 252 Å². The predicted molar refractivity (Wildman–Crippen MR) is 255 cm³/mol. The molecule has 60 heavy (non-hydrogen) atoms. The van der Waals surface area contributed by atoms with Crippen molar-refractivity contribution in [3.63, 3.8) is 0 Å². The van der Waals surface area contributed by atoms with Gasteiger partial charge in [0.25, 0.3) is 0 Å². The van der Waals surface area contributed by atoms with Gasteiger partial charge >= 0.3 is 0 Å². The Bertz CT molecular complexity index is 3290. The van der Waals surface area contributed by atoms with Crippen molar-refractivity contribution in [1.29, 1.82) is 0 Å². The maximum atomic E-state index is 2.46. The van der Waals surface area contributed by atoms with Gasteiger partial charge < -0.3 is 9.47 Å². The third-order valence-corrected chi connectivity index (χ3v) is 11.8. The smallest absolute Gasteiger partial charge is 0.0561 e. The van der Waals surface area contributed by atoms with Gasteiger partial charge in [0.05, 0.1) is 16.7 Å². The number of aromatic nitrogens is 1. The molecule has 0 saturated carbocycles. The number of hydrogen-bond donors (Lipinski definition) is 0. The average Bonchev–Trinajstić information content (AvgIpc) is 3.66. The minimum absolute atomic E-state index is 1.08. The molecule has 11 aromatic rings. The highest BCUT2D eigenvalue weighted by Gasteiger charge is 2.22. The van der Waals surface area contributed by atoms with Crippen LogP contribution in [0.1, 0.15) is 0 Å². The first-order valence-corrected chi connectivity index (χ1v) is 20.6. The van der Waals surface area contributed by atoms with Crippen molar-refractivity contribution in [2.75, 3.05) is 4.90 Å². The molecule has 0 N–H and O–H groups in total. The molecule has 11 rings (SSSR count). The molecule has 2 heteroatoms. The average molecular weight is 765 g/mol. The highest BCUT2D eigenvalue weighted by atomic mass is 15.1. The Labute approximate surface area is 350 Å². The van der Waals surface area contributed by atoms with Crippen LogP contribution in [0.2, 0.25) is 0 Å². The first-order chi connectivity index (χ1) is 29.8. The summed E-state index contributed by atoms with van der Waals surface area (Å²) in [4.78, 5) is 2.46. The normalized spacial score (nSPS) is 11.3. The van der Waals surface area contributed by atoms with Crippen molar-refractivity contribution in [2.24, 2.45) is 0 Å². The van der Waals surface area contributed by atoms with E-state index in [0.29, 0.717) is 0 Å². The van der Waals surface area contributed by atoms with Crippen LogP contribution < -0.4 is 4.90 Å². The van der Waals surface area contributed by atoms with E-state index in [1.165, 1.54) is 71.6 Å². The molecule has 1 heterocycles. The standard InChI is InChI=1S/C58H40N2/c1-4-17-41(18-5-1)42-31-33-45(34-32-42)50-37-35-47(39-55(50)44-19-6-2-7-20-44)59(56-29-14-12-26-52(56)51-28-16-22-43-21-10-11-25-49(43)51)48-36-38-54-53-27-13-15-30-57(53)60(58(54)40-48)46-23-8-3-9-24-46/h1-40H. The molecule has 0 atom stereocenters. The van der Waals surface area contributed by atoms with E-state index in [1.54, 1.807) is 0 Å². The van der Waals surface area contributed by atoms with Gasteiger partial charge in [-0.3, -0.25) is 0 Å². The zero-order chi connectivity index (χ0) is 39.8. The minimum Gasteiger partial charge on any atom is -0.310 e. The van der Waals surface area contributed by atoms with Crippen LogP contribution in [0, 0.1) is 0 Å². The number of rotatable bonds is 8. The van der Waals surface area contributed by atoms with Crippen molar-refractivity contribution in [2.45, 2.75) is 0 Å². The number of nitrogens with zero attached hydrogens (tertiary/aromatic N) is 2. The highest BCUT2D eigenvalue weighted by molar-refractivity contribution is 6.11. The number of benzene rings is 10. The molecule has 10 aromatic carbocycles. The van der Waals surface area contributed by atoms with Gasteiger partial charge in [-0.05, 0) is 98.2 Å². The molecule has 2 nitrogen and oxygen atoms in total. The van der Waals surface area contributed by atoms with Gasteiger partial charge in [-0.25, -0.2) is 0 Å². The first-order valence-electron chi connectivity index (χ1n) is 20.6. The summed E-state index contributed by atoms with van der Waals surface area (Å²) < 4.78 is 2.40. The molecule has 0 spiro atoms. The Hall–Kier alpha value is -7.94. The molecule has 0 radical (unpaired) electrons. The SMILES string of the molecule is c1ccc(-c2ccc(-c3ccc(N(c4ccc5c6ccccc6n(-c6ccccc6)c5c4)c4ccccc4-c4cccc5ccccc45)cc3-c3ccccc3)cc2)cc1. The van der Waals surface area contributed by atoms with E-state index in [9.17, 15) is 0 Å². The van der Waals surface area contributed by atoms with Crippen LogP contribution in [0.25, 0.3) is 82.8 Å². The van der Waals surface area contributed by atoms with Crippen molar-refractivity contribution in [1.82, 2.24) is 4.57 Å². The lowest BCUT2D eigenvalue weighted by atomic mass is 9.92. The Morgan fingerprint density at radius 2 is 0.817 bits per heavy atom. The monoisotopic (exact) mass is 764 g/mol. The van der Waals surface area contributed by atoms with Gasteiger partial charge in [0.1, 0.15) is 0 Å². The van der Waals surface area contributed by atoms with Crippen molar-refractivity contribution >= 4 is 49.6 Å². The Morgan fingerprint density at radius 3 is 1.62 bits per heavy atom. The lowest BCUT2D eigenvalue weighted by Crippen LogP contribution is -2.12. The molecule has 1 aromatic heterocycles. The number of para-hydroxylation sites is 3. The number of fused-ring (bicyclic) bond motifs is 4. The van der Waals surface area contributed by atoms with Crippen LogP contribution in [-0.4, -0.2) is 4.57 Å². The maximum Gasteiger partial charge on any atom is 0.0561 e. The van der Waals surface area contributed by atoms with E-state index < -0.39 is 0 Å². The zero-order valence-corrected chi connectivity index (χ0v) is 33.0. The fraction of sp³-hybridized carbons (Fsp3) is 0. The van der Waals surface area contributed by atoms with E-state index in [0.717, 1.165) is 28.3 Å². The summed E-state index contributed by atoms with van der Waals surface area (Å²) in [5.41, 5.74) is 16.2. The summed E-state index contributed by atoms with van der Waals surface area (Å²) in [5.74, 6) is 0. The lowest BCUT2D eigenvalue weighted by Gasteiger charge is -2.29. The number of anilines is 3. The van der Waals surface area contributed by atoms with Gasteiger partial charge in [0.2, 0.25) is 0 Å². The summed E-state index contributed by atoms with van der Waals surface area (Å²) in [6, 6.07) is 88.0. The van der Waals surface area contributed by atoms with Gasteiger partial charge in [0.15, 0.2) is 0 Å². The number of hydrogen-bond acceptors (Lipinski definition) is 1. The van der Waals surface area contributed by atoms with Crippen LogP contribution >= 0.6 is 0 Å². The molecule has 0 aliphatic rings. The second-order valence-electron chi connectivity index (χ2n) is 15.3. The van der Waals surface area contributed by atoms with Crippen LogP contribution in [0.5, 0.6) is 0 Å². The zero-order valence-electron chi connectivity index (χ0n) is 33.0. The Morgan fingerprint density at radius 1 is 0.283 bits per heavy atom. The molecule has 0 unspecified atom stereocenters. The first kappa shape index (κ1) is 35.2. The Kier molecular flexibility index (Phi) is 8.87. The largest absolute Gasteiger partial charge is 0.310 e. The van der Waals surface area contributed by atoms with E-state index in [4.69, 9.17) is 0 Å². The molecular weight excluding hydrogens is 725 g/mol. The van der Waals surface area contributed by atoms with Crippen molar-refractivity contribution in [3.8, 4) is 50.2 Å². The quantitative estimate of drug-likeness (QED) is 0.150. The van der Waals surface area contributed by atoms with Gasteiger partial charge in [-0.15, -0.1) is 0 Å². The summed E-state index contributed by atoms with van der Waals surface area (Å²) in [6.45, 7) is 0. The molecule has 0 aliphatic carbocycles. The molecule has 0 saturated heterocycles. The van der Waals surface area contributed by atoms with Crippen LogP contribution in [0.3, 0.4) is 0 Å². The fourth-order valence-corrected chi connectivity index (χ4v) is 8.99. The van der Waals surface area contributed by atoms with Crippen molar-refractivity contribution < 1.29 is 0 Å². The predicted octanol–water partition coefficient (Wildman–Crippen LogP) is 16.1. The van der Waals surface area contributed by atoms with E-state index in [-0.39, 0.29) is 0 Å². The topological polar surface area (TPSA) is 8.17 Å².